The second kappa shape index (κ2) is 7.34. The van der Waals surface area contributed by atoms with Gasteiger partial charge in [-0.1, -0.05) is 12.5 Å². The minimum absolute atomic E-state index is 0.270. The van der Waals surface area contributed by atoms with Crippen molar-refractivity contribution in [3.8, 4) is 11.5 Å². The van der Waals surface area contributed by atoms with Crippen LogP contribution in [0.25, 0.3) is 0 Å². The van der Waals surface area contributed by atoms with Crippen molar-refractivity contribution in [1.29, 1.82) is 0 Å². The summed E-state index contributed by atoms with van der Waals surface area (Å²) in [6.07, 6.45) is 6.38. The zero-order valence-corrected chi connectivity index (χ0v) is 13.8. The summed E-state index contributed by atoms with van der Waals surface area (Å²) in [6, 6.07) is 6.87. The number of methoxy groups -OCH3 is 1. The van der Waals surface area contributed by atoms with Gasteiger partial charge in [-0.3, -0.25) is 0 Å². The summed E-state index contributed by atoms with van der Waals surface area (Å²) in [6.45, 7) is 3.28. The molecular formula is C18H28N2O2. The van der Waals surface area contributed by atoms with Crippen molar-refractivity contribution in [2.24, 2.45) is 0 Å². The van der Waals surface area contributed by atoms with E-state index >= 15 is 0 Å². The molecule has 0 saturated carbocycles. The predicted molar refractivity (Wildman–Crippen MR) is 88.7 cm³/mol. The molecule has 1 aromatic carbocycles. The lowest BCUT2D eigenvalue weighted by molar-refractivity contribution is 0.101. The fraction of sp³-hybridized carbons (Fsp3) is 0.667. The number of likely N-dealkylation sites (N-methyl/N-ethyl adjacent to an activating group) is 1. The van der Waals surface area contributed by atoms with Crippen molar-refractivity contribution < 1.29 is 9.47 Å². The fourth-order valence-corrected chi connectivity index (χ4v) is 3.53. The molecule has 0 spiro atoms. The number of nitrogens with one attached hydrogen (secondary N) is 1. The molecule has 2 unspecified atom stereocenters. The Morgan fingerprint density at radius 2 is 2.05 bits per heavy atom. The van der Waals surface area contributed by atoms with Gasteiger partial charge in [0.05, 0.1) is 7.11 Å². The number of hydrogen-bond donors (Lipinski definition) is 1. The average molecular weight is 304 g/mol. The molecule has 0 aromatic heterocycles. The van der Waals surface area contributed by atoms with E-state index in [4.69, 9.17) is 9.47 Å². The summed E-state index contributed by atoms with van der Waals surface area (Å²) in [5, 5.41) is 3.59. The number of piperidine rings is 2. The summed E-state index contributed by atoms with van der Waals surface area (Å²) in [5.74, 6) is 1.74. The van der Waals surface area contributed by atoms with E-state index in [1.807, 2.05) is 0 Å². The third-order valence-electron chi connectivity index (χ3n) is 4.78. The van der Waals surface area contributed by atoms with E-state index in [1.54, 1.807) is 7.11 Å². The maximum absolute atomic E-state index is 6.20. The van der Waals surface area contributed by atoms with Gasteiger partial charge in [0.25, 0.3) is 0 Å². The van der Waals surface area contributed by atoms with Gasteiger partial charge in [-0.2, -0.15) is 0 Å². The molecule has 2 heterocycles. The van der Waals surface area contributed by atoms with Crippen molar-refractivity contribution in [3.63, 3.8) is 0 Å². The Bertz CT molecular complexity index is 486. The molecule has 1 N–H and O–H groups in total. The Balaban J connectivity index is 1.71. The van der Waals surface area contributed by atoms with Gasteiger partial charge in [0.1, 0.15) is 6.10 Å². The average Bonchev–Trinajstić information content (AvgIpc) is 2.56. The highest BCUT2D eigenvalue weighted by Gasteiger charge is 2.21. The van der Waals surface area contributed by atoms with Crippen LogP contribution in [-0.4, -0.2) is 44.8 Å². The molecule has 0 amide bonds. The first kappa shape index (κ1) is 15.6. The van der Waals surface area contributed by atoms with E-state index in [-0.39, 0.29) is 6.10 Å². The Kier molecular flexibility index (Phi) is 5.21. The van der Waals surface area contributed by atoms with E-state index in [0.717, 1.165) is 31.0 Å². The van der Waals surface area contributed by atoms with Crippen LogP contribution >= 0.6 is 0 Å². The number of rotatable bonds is 4. The second-order valence-corrected chi connectivity index (χ2v) is 6.56. The highest BCUT2D eigenvalue weighted by atomic mass is 16.5. The van der Waals surface area contributed by atoms with Crippen LogP contribution in [-0.2, 0) is 0 Å². The Morgan fingerprint density at radius 1 is 1.14 bits per heavy atom. The van der Waals surface area contributed by atoms with E-state index in [0.29, 0.717) is 6.04 Å². The number of hydrogen-bond acceptors (Lipinski definition) is 4. The van der Waals surface area contributed by atoms with Crippen LogP contribution in [0, 0.1) is 0 Å². The van der Waals surface area contributed by atoms with Crippen LogP contribution in [0.5, 0.6) is 11.5 Å². The van der Waals surface area contributed by atoms with Crippen molar-refractivity contribution in [2.75, 3.05) is 33.8 Å². The quantitative estimate of drug-likeness (QED) is 0.927. The van der Waals surface area contributed by atoms with Gasteiger partial charge in [0, 0.05) is 12.6 Å². The number of benzene rings is 1. The summed E-state index contributed by atoms with van der Waals surface area (Å²) in [5.41, 5.74) is 1.31. The molecule has 22 heavy (non-hydrogen) atoms. The SMILES string of the molecule is COc1cc(C2CCCCN2)ccc1OC1CCCN(C)C1. The van der Waals surface area contributed by atoms with Gasteiger partial charge in [-0.05, 0) is 63.5 Å². The number of ether oxygens (including phenoxy) is 2. The molecule has 3 rings (SSSR count). The Morgan fingerprint density at radius 3 is 2.77 bits per heavy atom. The number of nitrogens with zero attached hydrogens (tertiary/aromatic N) is 1. The second-order valence-electron chi connectivity index (χ2n) is 6.56. The predicted octanol–water partition coefficient (Wildman–Crippen LogP) is 2.98. The summed E-state index contributed by atoms with van der Waals surface area (Å²) in [7, 11) is 3.89. The van der Waals surface area contributed by atoms with Crippen molar-refractivity contribution in [1.82, 2.24) is 10.2 Å². The number of likely N-dealkylation sites (tertiary alicyclic amines) is 1. The van der Waals surface area contributed by atoms with E-state index in [9.17, 15) is 0 Å². The summed E-state index contributed by atoms with van der Waals surface area (Å²) < 4.78 is 11.8. The molecule has 2 aliphatic rings. The minimum Gasteiger partial charge on any atom is -0.493 e. The van der Waals surface area contributed by atoms with Gasteiger partial charge in [0.2, 0.25) is 0 Å². The fourth-order valence-electron chi connectivity index (χ4n) is 3.53. The Labute approximate surface area is 133 Å². The maximum atomic E-state index is 6.20. The zero-order valence-electron chi connectivity index (χ0n) is 13.8. The molecule has 4 heteroatoms. The van der Waals surface area contributed by atoms with Crippen molar-refractivity contribution in [2.45, 2.75) is 44.2 Å². The molecule has 4 nitrogen and oxygen atoms in total. The molecule has 2 saturated heterocycles. The van der Waals surface area contributed by atoms with Crippen molar-refractivity contribution >= 4 is 0 Å². The van der Waals surface area contributed by atoms with Gasteiger partial charge in [-0.15, -0.1) is 0 Å². The standard InChI is InChI=1S/C18H28N2O2/c1-20-11-5-6-15(13-20)22-17-9-8-14(12-18(17)21-2)16-7-3-4-10-19-16/h8-9,12,15-16,19H,3-7,10-11,13H2,1-2H3. The van der Waals surface area contributed by atoms with E-state index in [2.05, 4.69) is 35.5 Å². The third kappa shape index (κ3) is 3.73. The van der Waals surface area contributed by atoms with Gasteiger partial charge in [0.15, 0.2) is 11.5 Å². The lowest BCUT2D eigenvalue weighted by atomic mass is 9.97. The molecule has 122 valence electrons. The van der Waals surface area contributed by atoms with Crippen LogP contribution in [0.2, 0.25) is 0 Å². The molecule has 0 aliphatic carbocycles. The highest BCUT2D eigenvalue weighted by molar-refractivity contribution is 5.44. The normalized spacial score (nSPS) is 26.6. The molecule has 2 aliphatic heterocycles. The maximum Gasteiger partial charge on any atom is 0.161 e. The van der Waals surface area contributed by atoms with Crippen LogP contribution < -0.4 is 14.8 Å². The molecule has 0 bridgehead atoms. The highest BCUT2D eigenvalue weighted by Crippen LogP contribution is 2.34. The van der Waals surface area contributed by atoms with Gasteiger partial charge < -0.3 is 19.7 Å². The minimum atomic E-state index is 0.270. The van der Waals surface area contributed by atoms with Gasteiger partial charge >= 0.3 is 0 Å². The van der Waals surface area contributed by atoms with Crippen LogP contribution in [0.4, 0.5) is 0 Å². The van der Waals surface area contributed by atoms with E-state index < -0.39 is 0 Å². The lowest BCUT2D eigenvalue weighted by Gasteiger charge is -2.30. The molecule has 1 aromatic rings. The first-order chi connectivity index (χ1) is 10.8. The lowest BCUT2D eigenvalue weighted by Crippen LogP contribution is -2.38. The first-order valence-electron chi connectivity index (χ1n) is 8.53. The summed E-state index contributed by atoms with van der Waals surface area (Å²) >= 11 is 0. The van der Waals surface area contributed by atoms with Gasteiger partial charge in [-0.25, -0.2) is 0 Å². The smallest absolute Gasteiger partial charge is 0.161 e. The largest absolute Gasteiger partial charge is 0.493 e. The first-order valence-corrected chi connectivity index (χ1v) is 8.53. The summed E-state index contributed by atoms with van der Waals surface area (Å²) in [4.78, 5) is 2.33. The molecule has 0 radical (unpaired) electrons. The van der Waals surface area contributed by atoms with Crippen LogP contribution in [0.3, 0.4) is 0 Å². The molecular weight excluding hydrogens is 276 g/mol. The zero-order chi connectivity index (χ0) is 15.4. The van der Waals surface area contributed by atoms with Crippen LogP contribution in [0.1, 0.15) is 43.7 Å². The molecule has 2 fully saturated rings. The van der Waals surface area contributed by atoms with E-state index in [1.165, 1.54) is 37.8 Å². The third-order valence-corrected chi connectivity index (χ3v) is 4.78. The monoisotopic (exact) mass is 304 g/mol. The van der Waals surface area contributed by atoms with Crippen LogP contribution in [0.15, 0.2) is 18.2 Å². The topological polar surface area (TPSA) is 33.7 Å². The molecule has 2 atom stereocenters. The Hall–Kier alpha value is -1.26. The van der Waals surface area contributed by atoms with Crippen molar-refractivity contribution in [3.05, 3.63) is 23.8 Å².